The van der Waals surface area contributed by atoms with E-state index in [0.29, 0.717) is 5.76 Å². The van der Waals surface area contributed by atoms with Crippen LogP contribution in [0.15, 0.2) is 12.0 Å². The van der Waals surface area contributed by atoms with Crippen LogP contribution in [0.25, 0.3) is 6.08 Å². The van der Waals surface area contributed by atoms with E-state index in [2.05, 4.69) is 10.2 Å². The van der Waals surface area contributed by atoms with E-state index in [9.17, 15) is 0 Å². The Bertz CT molecular complexity index is 275. The molecule has 10 heavy (non-hydrogen) atoms. The fraction of sp³-hybridized carbons (Fsp3) is 0.286. The van der Waals surface area contributed by atoms with E-state index in [4.69, 9.17) is 5.11 Å². The number of allylic oxidation sites excluding steroid dienone is 1. The van der Waals surface area contributed by atoms with Gasteiger partial charge in [0.25, 0.3) is 0 Å². The quantitative estimate of drug-likeness (QED) is 0.564. The lowest BCUT2D eigenvalue weighted by Gasteiger charge is -2.04. The van der Waals surface area contributed by atoms with Crippen LogP contribution >= 0.6 is 0 Å². The van der Waals surface area contributed by atoms with Gasteiger partial charge < -0.3 is 5.11 Å². The number of aromatic amines is 1. The van der Waals surface area contributed by atoms with Gasteiger partial charge >= 0.3 is 0 Å². The molecule has 0 unspecified atom stereocenters. The molecular formula is C7H8N2O. The third kappa shape index (κ3) is 0.708. The number of aliphatic hydroxyl groups excluding tert-OH is 1. The molecule has 0 bridgehead atoms. The molecule has 1 aliphatic rings. The lowest BCUT2D eigenvalue weighted by molar-refractivity contribution is 0.391. The zero-order valence-electron chi connectivity index (χ0n) is 5.46. The molecule has 0 aromatic carbocycles. The molecule has 0 amide bonds. The molecule has 1 aromatic heterocycles. The molecule has 2 rings (SSSR count). The molecule has 0 radical (unpaired) electrons. The molecule has 3 heteroatoms. The van der Waals surface area contributed by atoms with Gasteiger partial charge in [-0.3, -0.25) is 5.10 Å². The van der Waals surface area contributed by atoms with Gasteiger partial charge in [-0.2, -0.15) is 5.10 Å². The standard InChI is InChI=1S/C7H8N2O/c10-6-1-2-7-5(3-6)4-8-9-7/h3-4,10H,1-2H2,(H,8,9). The van der Waals surface area contributed by atoms with Crippen molar-refractivity contribution in [3.05, 3.63) is 23.2 Å². The SMILES string of the molecule is OC1=Cc2c[nH]nc2CC1. The summed E-state index contributed by atoms with van der Waals surface area (Å²) in [5, 5.41) is 15.9. The van der Waals surface area contributed by atoms with Gasteiger partial charge in [-0.1, -0.05) is 0 Å². The first-order valence-corrected chi connectivity index (χ1v) is 3.28. The molecule has 0 fully saturated rings. The highest BCUT2D eigenvalue weighted by Gasteiger charge is 2.10. The molecule has 3 nitrogen and oxygen atoms in total. The van der Waals surface area contributed by atoms with Crippen LogP contribution in [0.5, 0.6) is 0 Å². The third-order valence-electron chi connectivity index (χ3n) is 1.69. The summed E-state index contributed by atoms with van der Waals surface area (Å²) >= 11 is 0. The fourth-order valence-corrected chi connectivity index (χ4v) is 1.15. The second-order valence-electron chi connectivity index (χ2n) is 2.42. The number of fused-ring (bicyclic) bond motifs is 1. The molecule has 1 aliphatic carbocycles. The third-order valence-corrected chi connectivity index (χ3v) is 1.69. The summed E-state index contributed by atoms with van der Waals surface area (Å²) in [5.74, 6) is 0.453. The molecule has 52 valence electrons. The number of H-pyrrole nitrogens is 1. The topological polar surface area (TPSA) is 48.9 Å². The maximum atomic E-state index is 9.09. The Balaban J connectivity index is 2.50. The van der Waals surface area contributed by atoms with Gasteiger partial charge in [0.2, 0.25) is 0 Å². The Morgan fingerprint density at radius 2 is 2.40 bits per heavy atom. The summed E-state index contributed by atoms with van der Waals surface area (Å²) in [6, 6.07) is 0. The maximum Gasteiger partial charge on any atom is 0.0933 e. The van der Waals surface area contributed by atoms with E-state index >= 15 is 0 Å². The predicted octanol–water partition coefficient (Wildman–Crippen LogP) is 1.25. The van der Waals surface area contributed by atoms with Crippen molar-refractivity contribution in [2.24, 2.45) is 0 Å². The van der Waals surface area contributed by atoms with Gasteiger partial charge in [0.05, 0.1) is 11.5 Å². The highest BCUT2D eigenvalue weighted by Crippen LogP contribution is 2.19. The highest BCUT2D eigenvalue weighted by molar-refractivity contribution is 5.54. The molecule has 0 saturated heterocycles. The van der Waals surface area contributed by atoms with Crippen molar-refractivity contribution < 1.29 is 5.11 Å². The summed E-state index contributed by atoms with van der Waals surface area (Å²) in [6.07, 6.45) is 5.12. The molecule has 1 aromatic rings. The number of rotatable bonds is 0. The second kappa shape index (κ2) is 1.87. The van der Waals surface area contributed by atoms with Crippen molar-refractivity contribution in [2.75, 3.05) is 0 Å². The maximum absolute atomic E-state index is 9.09. The van der Waals surface area contributed by atoms with Crippen molar-refractivity contribution in [1.29, 1.82) is 0 Å². The zero-order chi connectivity index (χ0) is 6.97. The second-order valence-corrected chi connectivity index (χ2v) is 2.42. The van der Waals surface area contributed by atoms with Crippen molar-refractivity contribution in [3.63, 3.8) is 0 Å². The Kier molecular flexibility index (Phi) is 1.03. The molecule has 2 N–H and O–H groups in total. The summed E-state index contributed by atoms with van der Waals surface area (Å²) in [6.45, 7) is 0. The minimum absolute atomic E-state index is 0.453. The Morgan fingerprint density at radius 1 is 1.50 bits per heavy atom. The van der Waals surface area contributed by atoms with Crippen LogP contribution < -0.4 is 0 Å². The van der Waals surface area contributed by atoms with E-state index < -0.39 is 0 Å². The van der Waals surface area contributed by atoms with Gasteiger partial charge in [0, 0.05) is 18.2 Å². The number of aliphatic hydroxyl groups is 1. The molecule has 1 heterocycles. The molecular weight excluding hydrogens is 128 g/mol. The molecule has 0 atom stereocenters. The molecule has 0 spiro atoms. The van der Waals surface area contributed by atoms with Gasteiger partial charge in [-0.25, -0.2) is 0 Å². The van der Waals surface area contributed by atoms with Crippen LogP contribution in [-0.4, -0.2) is 15.3 Å². The number of nitrogens with zero attached hydrogens (tertiary/aromatic N) is 1. The molecule has 0 saturated carbocycles. The first-order valence-electron chi connectivity index (χ1n) is 3.28. The fourth-order valence-electron chi connectivity index (χ4n) is 1.15. The number of aromatic nitrogens is 2. The van der Waals surface area contributed by atoms with Crippen molar-refractivity contribution in [2.45, 2.75) is 12.8 Å². The lowest BCUT2D eigenvalue weighted by atomic mass is 10.0. The summed E-state index contributed by atoms with van der Waals surface area (Å²) in [5.41, 5.74) is 2.07. The summed E-state index contributed by atoms with van der Waals surface area (Å²) < 4.78 is 0. The van der Waals surface area contributed by atoms with E-state index in [0.717, 1.165) is 24.1 Å². The van der Waals surface area contributed by atoms with Crippen LogP contribution in [0.1, 0.15) is 17.7 Å². The summed E-state index contributed by atoms with van der Waals surface area (Å²) in [7, 11) is 0. The Labute approximate surface area is 58.4 Å². The first-order chi connectivity index (χ1) is 4.86. The van der Waals surface area contributed by atoms with Crippen LogP contribution in [0.4, 0.5) is 0 Å². The Morgan fingerprint density at radius 3 is 3.30 bits per heavy atom. The average Bonchev–Trinajstić information content (AvgIpc) is 2.33. The van der Waals surface area contributed by atoms with Crippen LogP contribution in [0.3, 0.4) is 0 Å². The Hall–Kier alpha value is -1.25. The van der Waals surface area contributed by atoms with Gasteiger partial charge in [0.15, 0.2) is 0 Å². The average molecular weight is 136 g/mol. The zero-order valence-corrected chi connectivity index (χ0v) is 5.46. The lowest BCUT2D eigenvalue weighted by Crippen LogP contribution is -1.96. The highest BCUT2D eigenvalue weighted by atomic mass is 16.3. The minimum Gasteiger partial charge on any atom is -0.512 e. The number of hydrogen-bond donors (Lipinski definition) is 2. The number of nitrogens with one attached hydrogen (secondary N) is 1. The first kappa shape index (κ1) is 5.53. The van der Waals surface area contributed by atoms with Gasteiger partial charge in [0.1, 0.15) is 0 Å². The van der Waals surface area contributed by atoms with Crippen LogP contribution in [0, 0.1) is 0 Å². The largest absolute Gasteiger partial charge is 0.512 e. The molecule has 0 aliphatic heterocycles. The normalized spacial score (nSPS) is 16.2. The van der Waals surface area contributed by atoms with E-state index in [-0.39, 0.29) is 0 Å². The van der Waals surface area contributed by atoms with E-state index in [1.807, 2.05) is 0 Å². The van der Waals surface area contributed by atoms with Gasteiger partial charge in [-0.05, 0) is 12.5 Å². The van der Waals surface area contributed by atoms with Crippen molar-refractivity contribution in [3.8, 4) is 0 Å². The minimum atomic E-state index is 0.453. The van der Waals surface area contributed by atoms with Crippen molar-refractivity contribution in [1.82, 2.24) is 10.2 Å². The van der Waals surface area contributed by atoms with Crippen LogP contribution in [-0.2, 0) is 6.42 Å². The van der Waals surface area contributed by atoms with Crippen molar-refractivity contribution >= 4 is 6.08 Å². The number of hydrogen-bond acceptors (Lipinski definition) is 2. The monoisotopic (exact) mass is 136 g/mol. The van der Waals surface area contributed by atoms with Crippen LogP contribution in [0.2, 0.25) is 0 Å². The van der Waals surface area contributed by atoms with Gasteiger partial charge in [-0.15, -0.1) is 0 Å². The number of aryl methyl sites for hydroxylation is 1. The summed E-state index contributed by atoms with van der Waals surface area (Å²) in [4.78, 5) is 0. The smallest absolute Gasteiger partial charge is 0.0933 e. The van der Waals surface area contributed by atoms with E-state index in [1.54, 1.807) is 12.3 Å². The van der Waals surface area contributed by atoms with E-state index in [1.165, 1.54) is 0 Å². The predicted molar refractivity (Wildman–Crippen MR) is 37.5 cm³/mol.